The number of hydrogen-bond acceptors (Lipinski definition) is 7. The van der Waals surface area contributed by atoms with Gasteiger partial charge in [-0.25, -0.2) is 9.78 Å². The Morgan fingerprint density at radius 2 is 1.70 bits per heavy atom. The number of aromatic nitrogens is 4. The van der Waals surface area contributed by atoms with Gasteiger partial charge < -0.3 is 20.2 Å². The fraction of sp³-hybridized carbons (Fsp3) is 0.233. The summed E-state index contributed by atoms with van der Waals surface area (Å²) in [5, 5.41) is 22.5. The minimum Gasteiger partial charge on any atom is -0.478 e. The van der Waals surface area contributed by atoms with Crippen molar-refractivity contribution in [3.8, 4) is 0 Å². The number of carboxylic acid groups (broad SMARTS) is 1. The van der Waals surface area contributed by atoms with E-state index in [1.165, 1.54) is 0 Å². The van der Waals surface area contributed by atoms with E-state index in [2.05, 4.69) is 26.5 Å². The number of amides is 1. The van der Waals surface area contributed by atoms with Gasteiger partial charge in [-0.1, -0.05) is 36.4 Å². The highest BCUT2D eigenvalue weighted by Crippen LogP contribution is 2.32. The van der Waals surface area contributed by atoms with Gasteiger partial charge in [0, 0.05) is 48.4 Å². The van der Waals surface area contributed by atoms with Crippen molar-refractivity contribution in [3.63, 3.8) is 0 Å². The predicted molar refractivity (Wildman–Crippen MR) is 153 cm³/mol. The molecule has 0 bridgehead atoms. The second kappa shape index (κ2) is 10.3. The van der Waals surface area contributed by atoms with Crippen LogP contribution in [0.3, 0.4) is 0 Å². The average molecular weight is 536 g/mol. The number of aryl methyl sites for hydroxylation is 1. The summed E-state index contributed by atoms with van der Waals surface area (Å²) in [5.74, 6) is -0.247. The predicted octanol–water partition coefficient (Wildman–Crippen LogP) is 4.42. The molecular formula is C30H29N7O3. The molecule has 10 nitrogen and oxygen atoms in total. The third-order valence-electron chi connectivity index (χ3n) is 7.37. The molecule has 1 amide bonds. The number of anilines is 2. The van der Waals surface area contributed by atoms with E-state index in [1.807, 2.05) is 65.6 Å². The summed E-state index contributed by atoms with van der Waals surface area (Å²) in [6.07, 6.45) is 1.67. The van der Waals surface area contributed by atoms with Crippen molar-refractivity contribution >= 4 is 40.1 Å². The number of carbonyl (C=O) groups excluding carboxylic acids is 1. The normalized spacial score (nSPS) is 14.4. The minimum atomic E-state index is -0.986. The maximum absolute atomic E-state index is 13.0. The quantitative estimate of drug-likeness (QED) is 0.328. The van der Waals surface area contributed by atoms with Gasteiger partial charge in [0.05, 0.1) is 17.1 Å². The zero-order valence-corrected chi connectivity index (χ0v) is 22.3. The molecule has 0 radical (unpaired) electrons. The van der Waals surface area contributed by atoms with E-state index in [-0.39, 0.29) is 17.5 Å². The number of hydrogen-bond donors (Lipinski definition) is 2. The fourth-order valence-corrected chi connectivity index (χ4v) is 5.35. The minimum absolute atomic E-state index is 0.0282. The molecule has 0 unspecified atom stereocenters. The summed E-state index contributed by atoms with van der Waals surface area (Å²) in [6, 6.07) is 20.1. The van der Waals surface area contributed by atoms with Gasteiger partial charge in [-0.15, -0.1) is 10.2 Å². The molecule has 40 heavy (non-hydrogen) atoms. The first kappa shape index (κ1) is 25.3. The van der Waals surface area contributed by atoms with Crippen molar-refractivity contribution in [2.75, 3.05) is 36.4 Å². The third kappa shape index (κ3) is 4.57. The van der Waals surface area contributed by atoms with Gasteiger partial charge in [0.2, 0.25) is 5.95 Å². The molecule has 1 aliphatic rings. The molecule has 1 saturated heterocycles. The number of carbonyl (C=O) groups is 2. The molecule has 5 aromatic rings. The molecule has 10 heteroatoms. The largest absolute Gasteiger partial charge is 0.478 e. The fourth-order valence-electron chi connectivity index (χ4n) is 5.35. The Balaban J connectivity index is 1.35. The molecule has 3 aromatic carbocycles. The average Bonchev–Trinajstić information content (AvgIpc) is 3.47. The van der Waals surface area contributed by atoms with Crippen molar-refractivity contribution in [3.05, 3.63) is 95.3 Å². The first-order valence-corrected chi connectivity index (χ1v) is 13.2. The first-order chi connectivity index (χ1) is 19.4. The standard InChI is InChI=1S/C30H29N7O3/c1-19-16-23(20(2)32-25-11-7-6-10-22(25)29(39)40)26-24(17-19)27-34-31-18-37(27)30(33-26)36-14-12-35(13-15-36)28(38)21-8-4-3-5-9-21/h3-11,16-18,20,32H,12-15H2,1-2H3,(H,39,40)/t20-/m1/s1. The van der Waals surface area contributed by atoms with E-state index in [9.17, 15) is 14.7 Å². The van der Waals surface area contributed by atoms with Crippen molar-refractivity contribution in [2.24, 2.45) is 0 Å². The van der Waals surface area contributed by atoms with Crippen molar-refractivity contribution in [1.82, 2.24) is 24.5 Å². The number of para-hydroxylation sites is 1. The second-order valence-corrected chi connectivity index (χ2v) is 10.0. The van der Waals surface area contributed by atoms with Crippen LogP contribution in [0.15, 0.2) is 73.1 Å². The topological polar surface area (TPSA) is 116 Å². The maximum Gasteiger partial charge on any atom is 0.337 e. The molecule has 6 rings (SSSR count). The Morgan fingerprint density at radius 3 is 2.45 bits per heavy atom. The Bertz CT molecular complexity index is 1730. The molecular weight excluding hydrogens is 506 g/mol. The number of rotatable bonds is 6. The lowest BCUT2D eigenvalue weighted by Crippen LogP contribution is -2.49. The van der Waals surface area contributed by atoms with Crippen LogP contribution in [-0.4, -0.2) is 67.6 Å². The SMILES string of the molecule is Cc1cc([C@@H](C)Nc2ccccc2C(=O)O)c2nc(N3CCN(C(=O)c4ccccc4)CC3)n3cnnc3c2c1. The Kier molecular flexibility index (Phi) is 6.51. The highest BCUT2D eigenvalue weighted by Gasteiger charge is 2.26. The molecule has 0 spiro atoms. The zero-order valence-electron chi connectivity index (χ0n) is 22.3. The van der Waals surface area contributed by atoms with Crippen LogP contribution >= 0.6 is 0 Å². The number of nitrogens with one attached hydrogen (secondary N) is 1. The summed E-state index contributed by atoms with van der Waals surface area (Å²) >= 11 is 0. The highest BCUT2D eigenvalue weighted by molar-refractivity contribution is 5.97. The number of piperazine rings is 1. The van der Waals surface area contributed by atoms with Gasteiger partial charge in [0.25, 0.3) is 5.91 Å². The summed E-state index contributed by atoms with van der Waals surface area (Å²) < 4.78 is 1.90. The Labute approximate surface area is 230 Å². The van der Waals surface area contributed by atoms with Gasteiger partial charge in [-0.2, -0.15) is 0 Å². The van der Waals surface area contributed by atoms with E-state index >= 15 is 0 Å². The van der Waals surface area contributed by atoms with Crippen LogP contribution < -0.4 is 10.2 Å². The van der Waals surface area contributed by atoms with Crippen LogP contribution in [0.2, 0.25) is 0 Å². The zero-order chi connectivity index (χ0) is 27.8. The van der Waals surface area contributed by atoms with Crippen LogP contribution in [0.5, 0.6) is 0 Å². The van der Waals surface area contributed by atoms with Gasteiger partial charge >= 0.3 is 5.97 Å². The number of benzene rings is 3. The molecule has 2 N–H and O–H groups in total. The second-order valence-electron chi connectivity index (χ2n) is 10.0. The van der Waals surface area contributed by atoms with E-state index in [0.29, 0.717) is 49.0 Å². The van der Waals surface area contributed by atoms with Gasteiger partial charge in [0.15, 0.2) is 5.65 Å². The van der Waals surface area contributed by atoms with E-state index in [1.54, 1.807) is 24.5 Å². The Morgan fingerprint density at radius 1 is 0.975 bits per heavy atom. The Hall–Kier alpha value is -4.99. The first-order valence-electron chi connectivity index (χ1n) is 13.2. The molecule has 0 saturated carbocycles. The lowest BCUT2D eigenvalue weighted by Gasteiger charge is -2.35. The van der Waals surface area contributed by atoms with E-state index in [0.717, 1.165) is 22.0 Å². The lowest BCUT2D eigenvalue weighted by molar-refractivity contribution is 0.0696. The van der Waals surface area contributed by atoms with Crippen LogP contribution in [0.4, 0.5) is 11.6 Å². The summed E-state index contributed by atoms with van der Waals surface area (Å²) in [7, 11) is 0. The number of carboxylic acids is 1. The number of nitrogens with zero attached hydrogens (tertiary/aromatic N) is 6. The van der Waals surface area contributed by atoms with E-state index in [4.69, 9.17) is 4.98 Å². The molecule has 3 heterocycles. The molecule has 1 atom stereocenters. The van der Waals surface area contributed by atoms with Gasteiger partial charge in [-0.3, -0.25) is 9.20 Å². The molecule has 1 fully saturated rings. The van der Waals surface area contributed by atoms with Crippen LogP contribution in [0, 0.1) is 6.92 Å². The van der Waals surface area contributed by atoms with Crippen molar-refractivity contribution < 1.29 is 14.7 Å². The van der Waals surface area contributed by atoms with Crippen molar-refractivity contribution in [1.29, 1.82) is 0 Å². The van der Waals surface area contributed by atoms with Crippen molar-refractivity contribution in [2.45, 2.75) is 19.9 Å². The summed E-state index contributed by atoms with van der Waals surface area (Å²) in [5.41, 5.74) is 4.88. The highest BCUT2D eigenvalue weighted by atomic mass is 16.4. The van der Waals surface area contributed by atoms with Gasteiger partial charge in [-0.05, 0) is 49.7 Å². The number of fused-ring (bicyclic) bond motifs is 3. The summed E-state index contributed by atoms with van der Waals surface area (Å²) in [4.78, 5) is 33.9. The lowest BCUT2D eigenvalue weighted by atomic mass is 10.0. The van der Waals surface area contributed by atoms with Crippen LogP contribution in [0.25, 0.3) is 16.6 Å². The molecule has 0 aliphatic carbocycles. The maximum atomic E-state index is 13.0. The number of aromatic carboxylic acids is 1. The molecule has 2 aromatic heterocycles. The van der Waals surface area contributed by atoms with Gasteiger partial charge in [0.1, 0.15) is 6.33 Å². The third-order valence-corrected chi connectivity index (χ3v) is 7.37. The van der Waals surface area contributed by atoms with Crippen LogP contribution in [0.1, 0.15) is 44.8 Å². The van der Waals surface area contributed by atoms with Crippen LogP contribution in [-0.2, 0) is 0 Å². The monoisotopic (exact) mass is 535 g/mol. The molecule has 1 aliphatic heterocycles. The summed E-state index contributed by atoms with van der Waals surface area (Å²) in [6.45, 7) is 6.39. The smallest absolute Gasteiger partial charge is 0.337 e. The van der Waals surface area contributed by atoms with E-state index < -0.39 is 5.97 Å². The molecule has 202 valence electrons.